The van der Waals surface area contributed by atoms with Gasteiger partial charge in [-0.3, -0.25) is 9.59 Å². The number of allylic oxidation sites excluding steroid dienone is 1. The fourth-order valence-corrected chi connectivity index (χ4v) is 2.52. The van der Waals surface area contributed by atoms with E-state index in [0.717, 1.165) is 12.1 Å². The topological polar surface area (TPSA) is 46.2 Å². The first kappa shape index (κ1) is 18.2. The zero-order chi connectivity index (χ0) is 18.1. The van der Waals surface area contributed by atoms with E-state index in [-0.39, 0.29) is 41.4 Å². The van der Waals surface area contributed by atoms with E-state index in [1.165, 1.54) is 18.3 Å². The summed E-state index contributed by atoms with van der Waals surface area (Å²) in [7, 11) is 0. The van der Waals surface area contributed by atoms with Gasteiger partial charge in [-0.2, -0.15) is 13.2 Å². The molecule has 0 spiro atoms. The molecule has 1 fully saturated rings. The Kier molecular flexibility index (Phi) is 4.87. The van der Waals surface area contributed by atoms with Crippen molar-refractivity contribution in [2.24, 2.45) is 0 Å². The van der Waals surface area contributed by atoms with Crippen molar-refractivity contribution in [3.05, 3.63) is 47.2 Å². The van der Waals surface area contributed by atoms with Crippen LogP contribution in [0.1, 0.15) is 50.7 Å². The zero-order valence-electron chi connectivity index (χ0n) is 13.8. The summed E-state index contributed by atoms with van der Waals surface area (Å²) in [6.45, 7) is 5.73. The van der Waals surface area contributed by atoms with Crippen LogP contribution in [-0.4, -0.2) is 17.1 Å². The van der Waals surface area contributed by atoms with E-state index in [1.54, 1.807) is 0 Å². The van der Waals surface area contributed by atoms with Gasteiger partial charge in [-0.1, -0.05) is 12.1 Å². The van der Waals surface area contributed by atoms with E-state index in [2.05, 4.69) is 5.32 Å². The Morgan fingerprint density at radius 1 is 1.00 bits per heavy atom. The average Bonchev–Trinajstić information content (AvgIpc) is 2.44. The van der Waals surface area contributed by atoms with Gasteiger partial charge in [0.2, 0.25) is 0 Å². The van der Waals surface area contributed by atoms with Crippen LogP contribution in [0.15, 0.2) is 36.0 Å². The second-order valence-electron chi connectivity index (χ2n) is 7.02. The molecule has 1 aliphatic rings. The molecule has 6 heteroatoms. The summed E-state index contributed by atoms with van der Waals surface area (Å²) in [6, 6.07) is 4.65. The summed E-state index contributed by atoms with van der Waals surface area (Å²) in [5.41, 5.74) is -0.298. The van der Waals surface area contributed by atoms with E-state index in [4.69, 9.17) is 0 Å². The minimum atomic E-state index is -4.40. The molecular formula is C18H20F3NO2. The second kappa shape index (κ2) is 6.42. The number of Topliss-reactive ketones (excluding diaryl/α,β-unsaturated/α-hetero) is 2. The summed E-state index contributed by atoms with van der Waals surface area (Å²) < 4.78 is 37.8. The van der Waals surface area contributed by atoms with Crippen molar-refractivity contribution in [3.8, 4) is 0 Å². The molecule has 0 bridgehead atoms. The van der Waals surface area contributed by atoms with E-state index in [1.807, 2.05) is 20.8 Å². The van der Waals surface area contributed by atoms with Crippen LogP contribution in [0.25, 0.3) is 0 Å². The molecule has 1 aliphatic carbocycles. The molecule has 0 saturated heterocycles. The maximum absolute atomic E-state index is 12.6. The molecule has 3 nitrogen and oxygen atoms in total. The minimum Gasteiger partial charge on any atom is -0.386 e. The molecule has 1 aromatic rings. The van der Waals surface area contributed by atoms with Gasteiger partial charge in [0.1, 0.15) is 0 Å². The molecule has 0 heterocycles. The van der Waals surface area contributed by atoms with E-state index in [0.29, 0.717) is 5.56 Å². The van der Waals surface area contributed by atoms with Crippen molar-refractivity contribution in [2.45, 2.75) is 51.2 Å². The fourth-order valence-electron chi connectivity index (χ4n) is 2.52. The van der Waals surface area contributed by atoms with Crippen LogP contribution in [0.3, 0.4) is 0 Å². The van der Waals surface area contributed by atoms with Gasteiger partial charge in [0, 0.05) is 24.6 Å². The monoisotopic (exact) mass is 339 g/mol. The smallest absolute Gasteiger partial charge is 0.386 e. The Morgan fingerprint density at radius 2 is 1.50 bits per heavy atom. The predicted octanol–water partition coefficient (Wildman–Crippen LogP) is 3.99. The molecule has 1 aromatic carbocycles. The first-order valence-electron chi connectivity index (χ1n) is 7.69. The lowest BCUT2D eigenvalue weighted by Gasteiger charge is -2.24. The van der Waals surface area contributed by atoms with Crippen molar-refractivity contribution in [1.82, 2.24) is 5.32 Å². The number of hydrogen-bond donors (Lipinski definition) is 1. The Hall–Kier alpha value is -2.11. The van der Waals surface area contributed by atoms with Crippen LogP contribution >= 0.6 is 0 Å². The summed E-state index contributed by atoms with van der Waals surface area (Å²) in [4.78, 5) is 24.4. The molecule has 0 radical (unpaired) electrons. The number of carbonyl (C=O) groups excluding carboxylic acids is 2. The number of rotatable bonds is 2. The van der Waals surface area contributed by atoms with Gasteiger partial charge in [0.25, 0.3) is 0 Å². The second-order valence-corrected chi connectivity index (χ2v) is 7.02. The van der Waals surface area contributed by atoms with Crippen molar-refractivity contribution < 1.29 is 22.8 Å². The first-order valence-corrected chi connectivity index (χ1v) is 7.69. The lowest BCUT2D eigenvalue weighted by atomic mass is 9.80. The minimum absolute atomic E-state index is 0.120. The normalized spacial score (nSPS) is 19.4. The summed E-state index contributed by atoms with van der Waals surface area (Å²) in [6.07, 6.45) is -2.71. The summed E-state index contributed by atoms with van der Waals surface area (Å²) in [5.74, 6) is -0.945. The van der Waals surface area contributed by atoms with Crippen molar-refractivity contribution in [1.29, 1.82) is 0 Å². The first-order chi connectivity index (χ1) is 11.0. The standard InChI is InChI=1S/C18H20F3NO2/c1-17(2,3)22-10-14-15(23)8-12(9-16(14)24)11-4-6-13(7-5-11)18(19,20)21/h4-7,10,12,22H,8-9H2,1-3H3. The Balaban J connectivity index is 2.14. The summed E-state index contributed by atoms with van der Waals surface area (Å²) >= 11 is 0. The molecule has 1 N–H and O–H groups in total. The third-order valence-electron chi connectivity index (χ3n) is 3.82. The lowest BCUT2D eigenvalue weighted by molar-refractivity contribution is -0.137. The highest BCUT2D eigenvalue weighted by Crippen LogP contribution is 2.34. The Morgan fingerprint density at radius 3 is 1.92 bits per heavy atom. The van der Waals surface area contributed by atoms with Crippen molar-refractivity contribution in [2.75, 3.05) is 0 Å². The highest BCUT2D eigenvalue weighted by Gasteiger charge is 2.33. The molecule has 130 valence electrons. The third kappa shape index (κ3) is 4.46. The molecule has 24 heavy (non-hydrogen) atoms. The van der Waals surface area contributed by atoms with Gasteiger partial charge in [0.05, 0.1) is 11.1 Å². The molecule has 0 aromatic heterocycles. The molecule has 0 atom stereocenters. The number of ketones is 2. The number of alkyl halides is 3. The SMILES string of the molecule is CC(C)(C)NC=C1C(=O)CC(c2ccc(C(F)(F)F)cc2)CC1=O. The quantitative estimate of drug-likeness (QED) is 0.654. The highest BCUT2D eigenvalue weighted by atomic mass is 19.4. The molecule has 0 aliphatic heterocycles. The van der Waals surface area contributed by atoms with Gasteiger partial charge in [0.15, 0.2) is 11.6 Å². The van der Waals surface area contributed by atoms with Crippen molar-refractivity contribution in [3.63, 3.8) is 0 Å². The van der Waals surface area contributed by atoms with E-state index in [9.17, 15) is 22.8 Å². The van der Waals surface area contributed by atoms with Gasteiger partial charge >= 0.3 is 6.18 Å². The predicted molar refractivity (Wildman–Crippen MR) is 84.4 cm³/mol. The molecular weight excluding hydrogens is 319 g/mol. The van der Waals surface area contributed by atoms with Crippen LogP contribution < -0.4 is 5.32 Å². The average molecular weight is 339 g/mol. The Labute approximate surface area is 138 Å². The number of halogens is 3. The van der Waals surface area contributed by atoms with E-state index >= 15 is 0 Å². The maximum atomic E-state index is 12.6. The molecule has 1 saturated carbocycles. The summed E-state index contributed by atoms with van der Waals surface area (Å²) in [5, 5.41) is 3.00. The van der Waals surface area contributed by atoms with Crippen LogP contribution in [0.5, 0.6) is 0 Å². The van der Waals surface area contributed by atoms with E-state index < -0.39 is 11.7 Å². The number of nitrogens with one attached hydrogen (secondary N) is 1. The van der Waals surface area contributed by atoms with Crippen LogP contribution in [-0.2, 0) is 15.8 Å². The van der Waals surface area contributed by atoms with Gasteiger partial charge in [-0.15, -0.1) is 0 Å². The number of benzene rings is 1. The van der Waals surface area contributed by atoms with Crippen LogP contribution in [0.2, 0.25) is 0 Å². The zero-order valence-corrected chi connectivity index (χ0v) is 13.8. The molecule has 0 amide bonds. The number of carbonyl (C=O) groups is 2. The van der Waals surface area contributed by atoms with Gasteiger partial charge in [-0.25, -0.2) is 0 Å². The largest absolute Gasteiger partial charge is 0.416 e. The third-order valence-corrected chi connectivity index (χ3v) is 3.82. The molecule has 0 unspecified atom stereocenters. The lowest BCUT2D eigenvalue weighted by Crippen LogP contribution is -2.34. The van der Waals surface area contributed by atoms with Crippen LogP contribution in [0.4, 0.5) is 13.2 Å². The molecule has 2 rings (SSSR count). The Bertz CT molecular complexity index is 647. The van der Waals surface area contributed by atoms with Crippen LogP contribution in [0, 0.1) is 0 Å². The van der Waals surface area contributed by atoms with Gasteiger partial charge < -0.3 is 5.32 Å². The maximum Gasteiger partial charge on any atom is 0.416 e. The van der Waals surface area contributed by atoms with Gasteiger partial charge in [-0.05, 0) is 44.4 Å². The highest BCUT2D eigenvalue weighted by molar-refractivity contribution is 6.22. The van der Waals surface area contributed by atoms with Crippen molar-refractivity contribution >= 4 is 11.6 Å². The fraction of sp³-hybridized carbons (Fsp3) is 0.444. The number of hydrogen-bond acceptors (Lipinski definition) is 3.